The third-order valence-electron chi connectivity index (χ3n) is 6.57. The van der Waals surface area contributed by atoms with Gasteiger partial charge < -0.3 is 10.1 Å². The maximum atomic E-state index is 13.0. The minimum atomic E-state index is -0.370. The molecule has 1 N–H and O–H groups in total. The van der Waals surface area contributed by atoms with Gasteiger partial charge in [0, 0.05) is 32.8 Å². The van der Waals surface area contributed by atoms with Gasteiger partial charge in [-0.3, -0.25) is 9.36 Å². The molecule has 1 amide bonds. The number of thioether (sulfide) groups is 1. The summed E-state index contributed by atoms with van der Waals surface area (Å²) in [6.45, 7) is 10.7. The minimum Gasteiger partial charge on any atom is -0.462 e. The number of aromatic nitrogens is 3. The predicted octanol–water partition coefficient (Wildman–Crippen LogP) is 6.93. The number of fused-ring (bicyclic) bond motifs is 1. The lowest BCUT2D eigenvalue weighted by atomic mass is 10.0. The SMILES string of the molecule is C=CCn1c(SCC(=O)Nc2sc3c(c2C(=O)OCC)CCC3)nnc1-c1csc(C)c1-c1ccc(C)cc1. The number of hydrogen-bond acceptors (Lipinski definition) is 8. The zero-order chi connectivity index (χ0) is 27.5. The van der Waals surface area contributed by atoms with E-state index in [4.69, 9.17) is 4.74 Å². The summed E-state index contributed by atoms with van der Waals surface area (Å²) in [6.07, 6.45) is 4.59. The Morgan fingerprint density at radius 3 is 2.74 bits per heavy atom. The van der Waals surface area contributed by atoms with Crippen molar-refractivity contribution in [3.8, 4) is 22.5 Å². The average molecular weight is 579 g/mol. The van der Waals surface area contributed by atoms with Crippen molar-refractivity contribution in [2.24, 2.45) is 0 Å². The van der Waals surface area contributed by atoms with Crippen molar-refractivity contribution in [2.45, 2.75) is 51.7 Å². The Kier molecular flexibility index (Phi) is 8.34. The molecule has 7 nitrogen and oxygen atoms in total. The van der Waals surface area contributed by atoms with Gasteiger partial charge in [-0.2, -0.15) is 0 Å². The van der Waals surface area contributed by atoms with Gasteiger partial charge in [-0.25, -0.2) is 4.79 Å². The molecular formula is C29H30N4O3S3. The Labute approximate surface area is 240 Å². The lowest BCUT2D eigenvalue weighted by Gasteiger charge is -2.10. The number of amides is 1. The van der Waals surface area contributed by atoms with Gasteiger partial charge in [-0.05, 0) is 51.2 Å². The second kappa shape index (κ2) is 11.9. The number of thiophene rings is 2. The molecule has 5 rings (SSSR count). The van der Waals surface area contributed by atoms with Crippen molar-refractivity contribution in [1.82, 2.24) is 14.8 Å². The number of carbonyl (C=O) groups excluding carboxylic acids is 2. The van der Waals surface area contributed by atoms with Crippen LogP contribution in [0.4, 0.5) is 5.00 Å². The van der Waals surface area contributed by atoms with E-state index in [2.05, 4.69) is 65.6 Å². The molecule has 0 unspecified atom stereocenters. The Bertz CT molecular complexity index is 1530. The number of anilines is 1. The number of aryl methyl sites for hydroxylation is 3. The second-order valence-electron chi connectivity index (χ2n) is 9.27. The van der Waals surface area contributed by atoms with Crippen molar-refractivity contribution in [3.63, 3.8) is 0 Å². The quantitative estimate of drug-likeness (QED) is 0.125. The number of benzene rings is 1. The Morgan fingerprint density at radius 2 is 2.00 bits per heavy atom. The number of ether oxygens (including phenoxy) is 1. The topological polar surface area (TPSA) is 86.1 Å². The Morgan fingerprint density at radius 1 is 1.21 bits per heavy atom. The van der Waals surface area contributed by atoms with Gasteiger partial charge in [0.25, 0.3) is 0 Å². The van der Waals surface area contributed by atoms with Crippen molar-refractivity contribution >= 4 is 51.3 Å². The van der Waals surface area contributed by atoms with Crippen LogP contribution in [0.1, 0.15) is 44.6 Å². The number of allylic oxidation sites excluding steroid dienone is 1. The van der Waals surface area contributed by atoms with Crippen LogP contribution in [0.15, 0.2) is 47.5 Å². The zero-order valence-electron chi connectivity index (χ0n) is 22.2. The first kappa shape index (κ1) is 27.4. The molecule has 0 bridgehead atoms. The van der Waals surface area contributed by atoms with Crippen molar-refractivity contribution in [2.75, 3.05) is 17.7 Å². The molecule has 39 heavy (non-hydrogen) atoms. The Hall–Kier alpha value is -3.21. The molecule has 202 valence electrons. The molecule has 4 aromatic rings. The molecular weight excluding hydrogens is 549 g/mol. The molecule has 1 aromatic carbocycles. The van der Waals surface area contributed by atoms with Crippen LogP contribution in [-0.2, 0) is 28.9 Å². The van der Waals surface area contributed by atoms with E-state index in [-0.39, 0.29) is 17.6 Å². The molecule has 0 fully saturated rings. The van der Waals surface area contributed by atoms with E-state index >= 15 is 0 Å². The highest BCUT2D eigenvalue weighted by Crippen LogP contribution is 2.41. The highest BCUT2D eigenvalue weighted by molar-refractivity contribution is 7.99. The van der Waals surface area contributed by atoms with Crippen LogP contribution in [0.5, 0.6) is 0 Å². The number of rotatable bonds is 10. The molecule has 0 radical (unpaired) electrons. The summed E-state index contributed by atoms with van der Waals surface area (Å²) in [5, 5.41) is 15.3. The number of nitrogens with zero attached hydrogens (tertiary/aromatic N) is 3. The van der Waals surface area contributed by atoms with Gasteiger partial charge in [-0.1, -0.05) is 47.7 Å². The van der Waals surface area contributed by atoms with Gasteiger partial charge in [0.2, 0.25) is 5.91 Å². The lowest BCUT2D eigenvalue weighted by molar-refractivity contribution is -0.113. The van der Waals surface area contributed by atoms with Crippen LogP contribution in [0.25, 0.3) is 22.5 Å². The summed E-state index contributed by atoms with van der Waals surface area (Å²) in [6, 6.07) is 8.49. The van der Waals surface area contributed by atoms with Crippen LogP contribution in [0.2, 0.25) is 0 Å². The highest BCUT2D eigenvalue weighted by atomic mass is 32.2. The van der Waals surface area contributed by atoms with E-state index in [9.17, 15) is 9.59 Å². The molecule has 1 aliphatic carbocycles. The first-order valence-corrected chi connectivity index (χ1v) is 15.5. The van der Waals surface area contributed by atoms with Gasteiger partial charge >= 0.3 is 5.97 Å². The van der Waals surface area contributed by atoms with Gasteiger partial charge in [0.1, 0.15) is 5.00 Å². The first-order chi connectivity index (χ1) is 18.9. The maximum Gasteiger partial charge on any atom is 0.341 e. The molecule has 3 aromatic heterocycles. The van der Waals surface area contributed by atoms with E-state index in [1.165, 1.54) is 33.5 Å². The van der Waals surface area contributed by atoms with Crippen molar-refractivity contribution in [1.29, 1.82) is 0 Å². The fourth-order valence-electron chi connectivity index (χ4n) is 4.79. The van der Waals surface area contributed by atoms with E-state index < -0.39 is 0 Å². The fourth-order valence-corrected chi connectivity index (χ4v) is 7.70. The van der Waals surface area contributed by atoms with Gasteiger partial charge in [0.05, 0.1) is 17.9 Å². The number of esters is 1. The van der Waals surface area contributed by atoms with E-state index in [0.29, 0.717) is 28.9 Å². The smallest absolute Gasteiger partial charge is 0.341 e. The van der Waals surface area contributed by atoms with Crippen molar-refractivity contribution < 1.29 is 14.3 Å². The van der Waals surface area contributed by atoms with E-state index in [1.807, 2.05) is 4.57 Å². The average Bonchev–Trinajstić information content (AvgIpc) is 3.68. The monoisotopic (exact) mass is 578 g/mol. The molecule has 3 heterocycles. The highest BCUT2D eigenvalue weighted by Gasteiger charge is 2.28. The number of hydrogen-bond donors (Lipinski definition) is 1. The summed E-state index contributed by atoms with van der Waals surface area (Å²) >= 11 is 4.48. The standard InChI is InChI=1S/C29H30N4O3S3/c1-5-14-33-26(21-15-37-18(4)24(21)19-12-10-17(3)11-13-19)31-32-29(33)38-16-23(34)30-27-25(28(35)36-6-2)20-8-7-9-22(20)39-27/h5,10-13,15H,1,6-9,14,16H2,2-4H3,(H,30,34). The number of nitrogens with one attached hydrogen (secondary N) is 1. The number of carbonyl (C=O) groups is 2. The Balaban J connectivity index is 1.36. The molecule has 1 aliphatic rings. The van der Waals surface area contributed by atoms with E-state index in [0.717, 1.165) is 52.2 Å². The summed E-state index contributed by atoms with van der Waals surface area (Å²) < 4.78 is 7.27. The van der Waals surface area contributed by atoms with Crippen LogP contribution in [-0.4, -0.2) is 39.0 Å². The van der Waals surface area contributed by atoms with Crippen LogP contribution < -0.4 is 5.32 Å². The third-order valence-corrected chi connectivity index (χ3v) is 9.66. The van der Waals surface area contributed by atoms with Crippen LogP contribution >= 0.6 is 34.4 Å². The fraction of sp³-hybridized carbons (Fsp3) is 0.310. The molecule has 0 aliphatic heterocycles. The third kappa shape index (κ3) is 5.59. The van der Waals surface area contributed by atoms with Gasteiger partial charge in [0.15, 0.2) is 11.0 Å². The summed E-state index contributed by atoms with van der Waals surface area (Å²) in [5.74, 6) is 0.308. The summed E-state index contributed by atoms with van der Waals surface area (Å²) in [5.41, 5.74) is 6.04. The van der Waals surface area contributed by atoms with Crippen molar-refractivity contribution in [3.05, 3.63) is 68.7 Å². The first-order valence-electron chi connectivity index (χ1n) is 12.8. The van der Waals surface area contributed by atoms with E-state index in [1.54, 1.807) is 24.3 Å². The predicted molar refractivity (Wildman–Crippen MR) is 160 cm³/mol. The largest absolute Gasteiger partial charge is 0.462 e. The zero-order valence-corrected chi connectivity index (χ0v) is 24.7. The summed E-state index contributed by atoms with van der Waals surface area (Å²) in [7, 11) is 0. The second-order valence-corrected chi connectivity index (χ2v) is 12.4. The molecule has 0 saturated carbocycles. The molecule has 0 atom stereocenters. The maximum absolute atomic E-state index is 13.0. The summed E-state index contributed by atoms with van der Waals surface area (Å²) in [4.78, 5) is 28.0. The lowest BCUT2D eigenvalue weighted by Crippen LogP contribution is -2.17. The normalized spacial score (nSPS) is 12.4. The molecule has 10 heteroatoms. The molecule has 0 spiro atoms. The van der Waals surface area contributed by atoms with Crippen LogP contribution in [0, 0.1) is 13.8 Å². The van der Waals surface area contributed by atoms with Gasteiger partial charge in [-0.15, -0.1) is 39.4 Å². The molecule has 0 saturated heterocycles. The minimum absolute atomic E-state index is 0.133. The van der Waals surface area contributed by atoms with Crippen LogP contribution in [0.3, 0.4) is 0 Å².